The fraction of sp³-hybridized carbons (Fsp3) is 0.133. The van der Waals surface area contributed by atoms with Gasteiger partial charge in [0.1, 0.15) is 11.5 Å². The Bertz CT molecular complexity index is 716. The van der Waals surface area contributed by atoms with Crippen molar-refractivity contribution in [3.63, 3.8) is 0 Å². The van der Waals surface area contributed by atoms with E-state index in [9.17, 15) is 14.9 Å². The average molecular weight is 286 g/mol. The fourth-order valence-corrected chi connectivity index (χ4v) is 1.78. The van der Waals surface area contributed by atoms with E-state index in [4.69, 9.17) is 4.42 Å². The Morgan fingerprint density at radius 2 is 2.05 bits per heavy atom. The second-order valence-electron chi connectivity index (χ2n) is 4.53. The number of rotatable bonds is 4. The van der Waals surface area contributed by atoms with Crippen molar-refractivity contribution in [3.05, 3.63) is 63.6 Å². The van der Waals surface area contributed by atoms with Gasteiger partial charge in [0.05, 0.1) is 4.92 Å². The summed E-state index contributed by atoms with van der Waals surface area (Å²) in [6.07, 6.45) is 2.90. The summed E-state index contributed by atoms with van der Waals surface area (Å²) >= 11 is 0. The van der Waals surface area contributed by atoms with Crippen LogP contribution in [0.4, 0.5) is 11.4 Å². The van der Waals surface area contributed by atoms with Gasteiger partial charge >= 0.3 is 0 Å². The number of non-ortho nitro benzene ring substituents is 1. The summed E-state index contributed by atoms with van der Waals surface area (Å²) in [6.45, 7) is 3.51. The molecule has 0 saturated heterocycles. The quantitative estimate of drug-likeness (QED) is 0.530. The molecule has 1 aromatic heterocycles. The van der Waals surface area contributed by atoms with Gasteiger partial charge in [0.15, 0.2) is 0 Å². The number of aryl methyl sites for hydroxylation is 2. The van der Waals surface area contributed by atoms with Gasteiger partial charge in [0.25, 0.3) is 5.69 Å². The highest BCUT2D eigenvalue weighted by Crippen LogP contribution is 2.21. The highest BCUT2D eigenvalue weighted by Gasteiger charge is 2.09. The Morgan fingerprint density at radius 1 is 1.29 bits per heavy atom. The lowest BCUT2D eigenvalue weighted by atomic mass is 10.2. The van der Waals surface area contributed by atoms with Crippen molar-refractivity contribution in [1.82, 2.24) is 0 Å². The Morgan fingerprint density at radius 3 is 2.62 bits per heavy atom. The number of anilines is 1. The molecule has 2 rings (SSSR count). The molecule has 2 aromatic rings. The lowest BCUT2D eigenvalue weighted by molar-refractivity contribution is -0.384. The van der Waals surface area contributed by atoms with E-state index in [1.54, 1.807) is 25.1 Å². The summed E-state index contributed by atoms with van der Waals surface area (Å²) in [4.78, 5) is 22.0. The van der Waals surface area contributed by atoms with Gasteiger partial charge in [0.2, 0.25) is 5.91 Å². The topological polar surface area (TPSA) is 85.4 Å². The number of nitro groups is 1. The van der Waals surface area contributed by atoms with Gasteiger partial charge in [-0.05, 0) is 43.7 Å². The van der Waals surface area contributed by atoms with Crippen molar-refractivity contribution in [3.8, 4) is 0 Å². The average Bonchev–Trinajstić information content (AvgIpc) is 2.84. The standard InChI is InChI=1S/C15H14N2O4/c1-10-9-12(17(19)20)4-7-14(10)16-15(18)8-6-13-5-3-11(2)21-13/h3-9H,1-2H3,(H,16,18)/b8-6+. The van der Waals surface area contributed by atoms with E-state index in [0.717, 1.165) is 5.76 Å². The first-order chi connectivity index (χ1) is 9.95. The maximum Gasteiger partial charge on any atom is 0.269 e. The number of hydrogen-bond donors (Lipinski definition) is 1. The lowest BCUT2D eigenvalue weighted by Crippen LogP contribution is -2.09. The minimum absolute atomic E-state index is 0.00731. The summed E-state index contributed by atoms with van der Waals surface area (Å²) in [7, 11) is 0. The number of carbonyl (C=O) groups is 1. The van der Waals surface area contributed by atoms with E-state index in [2.05, 4.69) is 5.32 Å². The van der Waals surface area contributed by atoms with Gasteiger partial charge in [-0.15, -0.1) is 0 Å². The van der Waals surface area contributed by atoms with Crippen molar-refractivity contribution in [1.29, 1.82) is 0 Å². The second kappa shape index (κ2) is 6.04. The number of nitro benzene ring substituents is 1. The summed E-state index contributed by atoms with van der Waals surface area (Å²) < 4.78 is 5.31. The number of benzene rings is 1. The lowest BCUT2D eigenvalue weighted by Gasteiger charge is -2.05. The predicted molar refractivity (Wildman–Crippen MR) is 78.9 cm³/mol. The van der Waals surface area contributed by atoms with Crippen molar-refractivity contribution in [2.45, 2.75) is 13.8 Å². The van der Waals surface area contributed by atoms with Crippen molar-refractivity contribution < 1.29 is 14.1 Å². The molecule has 0 fully saturated rings. The van der Waals surface area contributed by atoms with Gasteiger partial charge in [-0.1, -0.05) is 0 Å². The molecule has 0 aliphatic carbocycles. The van der Waals surface area contributed by atoms with Crippen molar-refractivity contribution >= 4 is 23.4 Å². The van der Waals surface area contributed by atoms with Crippen LogP contribution in [-0.2, 0) is 4.79 Å². The molecule has 108 valence electrons. The third kappa shape index (κ3) is 3.79. The molecule has 1 aromatic carbocycles. The number of hydrogen-bond acceptors (Lipinski definition) is 4. The van der Waals surface area contributed by atoms with Gasteiger partial charge in [-0.25, -0.2) is 0 Å². The van der Waals surface area contributed by atoms with Gasteiger partial charge in [0, 0.05) is 23.9 Å². The van der Waals surface area contributed by atoms with E-state index < -0.39 is 4.92 Å². The van der Waals surface area contributed by atoms with Gasteiger partial charge in [-0.2, -0.15) is 0 Å². The highest BCUT2D eigenvalue weighted by molar-refractivity contribution is 6.02. The molecule has 21 heavy (non-hydrogen) atoms. The predicted octanol–water partition coefficient (Wildman–Crippen LogP) is 3.46. The first kappa shape index (κ1) is 14.5. The van der Waals surface area contributed by atoms with Gasteiger partial charge < -0.3 is 9.73 Å². The van der Waals surface area contributed by atoms with E-state index in [-0.39, 0.29) is 11.6 Å². The Kier molecular flexibility index (Phi) is 4.18. The SMILES string of the molecule is Cc1ccc(/C=C/C(=O)Nc2ccc([N+](=O)[O-])cc2C)o1. The third-order valence-corrected chi connectivity index (χ3v) is 2.84. The summed E-state index contributed by atoms with van der Waals surface area (Å²) in [5.41, 5.74) is 1.15. The smallest absolute Gasteiger partial charge is 0.269 e. The molecular weight excluding hydrogens is 272 g/mol. The zero-order valence-corrected chi connectivity index (χ0v) is 11.6. The molecule has 1 amide bonds. The molecule has 0 spiro atoms. The van der Waals surface area contributed by atoms with Crippen LogP contribution in [0.15, 0.2) is 40.8 Å². The van der Waals surface area contributed by atoms with Crippen LogP contribution in [-0.4, -0.2) is 10.8 Å². The van der Waals surface area contributed by atoms with Crippen LogP contribution in [0.3, 0.4) is 0 Å². The maximum atomic E-state index is 11.8. The molecular formula is C15H14N2O4. The molecule has 0 unspecified atom stereocenters. The Labute approximate surface area is 121 Å². The number of carbonyl (C=O) groups excluding carboxylic acids is 1. The van der Waals surface area contributed by atoms with Crippen molar-refractivity contribution in [2.75, 3.05) is 5.32 Å². The second-order valence-corrected chi connectivity index (χ2v) is 4.53. The zero-order chi connectivity index (χ0) is 15.4. The monoisotopic (exact) mass is 286 g/mol. The zero-order valence-electron chi connectivity index (χ0n) is 11.6. The van der Waals surface area contributed by atoms with Crippen LogP contribution in [0.1, 0.15) is 17.1 Å². The van der Waals surface area contributed by atoms with Crippen LogP contribution >= 0.6 is 0 Å². The Hall–Kier alpha value is -2.89. The van der Waals surface area contributed by atoms with Crippen molar-refractivity contribution in [2.24, 2.45) is 0 Å². The number of amides is 1. The summed E-state index contributed by atoms with van der Waals surface area (Å²) in [5.74, 6) is 1.02. The first-order valence-corrected chi connectivity index (χ1v) is 6.26. The molecule has 6 nitrogen and oxygen atoms in total. The largest absolute Gasteiger partial charge is 0.462 e. The molecule has 0 aliphatic rings. The van der Waals surface area contributed by atoms with E-state index >= 15 is 0 Å². The molecule has 0 atom stereocenters. The third-order valence-electron chi connectivity index (χ3n) is 2.84. The van der Waals surface area contributed by atoms with E-state index in [1.807, 2.05) is 6.92 Å². The fourth-order valence-electron chi connectivity index (χ4n) is 1.78. The normalized spacial score (nSPS) is 10.8. The highest BCUT2D eigenvalue weighted by atomic mass is 16.6. The molecule has 1 heterocycles. The van der Waals surface area contributed by atoms with E-state index in [1.165, 1.54) is 24.3 Å². The van der Waals surface area contributed by atoms with Crippen LogP contribution in [0.5, 0.6) is 0 Å². The summed E-state index contributed by atoms with van der Waals surface area (Å²) in [6, 6.07) is 7.84. The van der Waals surface area contributed by atoms with Gasteiger partial charge in [-0.3, -0.25) is 14.9 Å². The molecule has 0 aliphatic heterocycles. The Balaban J connectivity index is 2.06. The molecule has 0 radical (unpaired) electrons. The molecule has 0 saturated carbocycles. The first-order valence-electron chi connectivity index (χ1n) is 6.26. The minimum Gasteiger partial charge on any atom is -0.462 e. The minimum atomic E-state index is -0.474. The summed E-state index contributed by atoms with van der Waals surface area (Å²) in [5, 5.41) is 13.3. The number of nitrogens with zero attached hydrogens (tertiary/aromatic N) is 1. The van der Waals surface area contributed by atoms with Crippen LogP contribution in [0.2, 0.25) is 0 Å². The molecule has 1 N–H and O–H groups in total. The van der Waals surface area contributed by atoms with E-state index in [0.29, 0.717) is 17.0 Å². The number of furan rings is 1. The maximum absolute atomic E-state index is 11.8. The van der Waals surface area contributed by atoms with Crippen LogP contribution < -0.4 is 5.32 Å². The molecule has 6 heteroatoms. The van der Waals surface area contributed by atoms with Crippen LogP contribution in [0.25, 0.3) is 6.08 Å². The van der Waals surface area contributed by atoms with Crippen LogP contribution in [0, 0.1) is 24.0 Å². The number of nitrogens with one attached hydrogen (secondary N) is 1. The molecule has 0 bridgehead atoms.